The number of aliphatic hydroxyl groups is 1. The lowest BCUT2D eigenvalue weighted by atomic mass is 9.78. The molecule has 1 N–H and O–H groups in total. The van der Waals surface area contributed by atoms with Crippen LogP contribution in [-0.4, -0.2) is 47.8 Å². The molecule has 4 heteroatoms. The van der Waals surface area contributed by atoms with Gasteiger partial charge in [-0.25, -0.2) is 0 Å². The fourth-order valence-electron chi connectivity index (χ4n) is 3.83. The van der Waals surface area contributed by atoms with Gasteiger partial charge < -0.3 is 19.3 Å². The first-order valence-electron chi connectivity index (χ1n) is 6.40. The fraction of sp³-hybridized carbons (Fsp3) is 1.00. The van der Waals surface area contributed by atoms with E-state index in [2.05, 4.69) is 0 Å². The maximum atomic E-state index is 9.01. The van der Waals surface area contributed by atoms with E-state index >= 15 is 0 Å². The molecule has 90 valence electrons. The van der Waals surface area contributed by atoms with Crippen molar-refractivity contribution in [2.24, 2.45) is 0 Å². The van der Waals surface area contributed by atoms with Crippen LogP contribution < -0.4 is 0 Å². The normalized spacial score (nSPS) is 57.9. The molecule has 2 bridgehead atoms. The summed E-state index contributed by atoms with van der Waals surface area (Å²) in [7, 11) is 0. The summed E-state index contributed by atoms with van der Waals surface area (Å²) in [5.41, 5.74) is -0.0829. The van der Waals surface area contributed by atoms with E-state index in [-0.39, 0.29) is 30.5 Å². The van der Waals surface area contributed by atoms with Crippen molar-refractivity contribution in [2.75, 3.05) is 6.61 Å². The first-order chi connectivity index (χ1) is 7.81. The molecule has 0 aromatic rings. The van der Waals surface area contributed by atoms with Crippen molar-refractivity contribution in [1.82, 2.24) is 0 Å². The van der Waals surface area contributed by atoms with Gasteiger partial charge in [-0.15, -0.1) is 0 Å². The van der Waals surface area contributed by atoms with Crippen molar-refractivity contribution in [2.45, 2.75) is 68.2 Å². The van der Waals surface area contributed by atoms with Gasteiger partial charge in [-0.05, 0) is 19.3 Å². The third-order valence-corrected chi connectivity index (χ3v) is 4.61. The average Bonchev–Trinajstić information content (AvgIpc) is 2.94. The van der Waals surface area contributed by atoms with E-state index in [0.717, 1.165) is 32.1 Å². The number of hydrogen-bond donors (Lipinski definition) is 1. The minimum Gasteiger partial charge on any atom is -0.396 e. The van der Waals surface area contributed by atoms with Crippen molar-refractivity contribution in [3.63, 3.8) is 0 Å². The molecule has 3 aliphatic heterocycles. The van der Waals surface area contributed by atoms with Crippen LogP contribution in [0, 0.1) is 0 Å². The smallest absolute Gasteiger partial charge is 0.110 e. The molecule has 0 aromatic heterocycles. The molecule has 3 heterocycles. The molecule has 6 atom stereocenters. The Labute approximate surface area is 94.9 Å². The Hall–Kier alpha value is -0.160. The largest absolute Gasteiger partial charge is 0.396 e. The molecule has 0 amide bonds. The highest BCUT2D eigenvalue weighted by Gasteiger charge is 2.66. The molecule has 1 saturated carbocycles. The zero-order valence-electron chi connectivity index (χ0n) is 9.30. The lowest BCUT2D eigenvalue weighted by Gasteiger charge is -2.42. The SMILES string of the molecule is OCC[C@H]1CC[C@@H]2O[C@@H]3C[C@]2(CC2OC23)O1. The molecular weight excluding hydrogens is 208 g/mol. The Morgan fingerprint density at radius 3 is 2.75 bits per heavy atom. The Kier molecular flexibility index (Phi) is 1.96. The second kappa shape index (κ2) is 3.19. The molecule has 1 spiro atoms. The molecule has 1 aliphatic carbocycles. The second-order valence-electron chi connectivity index (χ2n) is 5.60. The van der Waals surface area contributed by atoms with Crippen molar-refractivity contribution >= 4 is 0 Å². The van der Waals surface area contributed by atoms with Crippen LogP contribution in [0.25, 0.3) is 0 Å². The molecular formula is C12H18O4. The highest BCUT2D eigenvalue weighted by atomic mass is 16.6. The summed E-state index contributed by atoms with van der Waals surface area (Å²) in [4.78, 5) is 0. The van der Waals surface area contributed by atoms with E-state index in [1.807, 2.05) is 0 Å². The molecule has 3 saturated heterocycles. The third kappa shape index (κ3) is 1.24. The van der Waals surface area contributed by atoms with Gasteiger partial charge in [-0.3, -0.25) is 0 Å². The fourth-order valence-corrected chi connectivity index (χ4v) is 3.83. The van der Waals surface area contributed by atoms with Crippen LogP contribution in [0.3, 0.4) is 0 Å². The molecule has 4 nitrogen and oxygen atoms in total. The predicted octanol–water partition coefficient (Wildman–Crippen LogP) is 0.615. The third-order valence-electron chi connectivity index (χ3n) is 4.61. The molecule has 16 heavy (non-hydrogen) atoms. The molecule has 4 rings (SSSR count). The number of hydrogen-bond acceptors (Lipinski definition) is 4. The summed E-state index contributed by atoms with van der Waals surface area (Å²) in [5, 5.41) is 9.01. The number of rotatable bonds is 2. The summed E-state index contributed by atoms with van der Waals surface area (Å²) in [6, 6.07) is 0. The van der Waals surface area contributed by atoms with Crippen molar-refractivity contribution < 1.29 is 19.3 Å². The summed E-state index contributed by atoms with van der Waals surface area (Å²) in [6.07, 6.45) is 6.39. The molecule has 4 fully saturated rings. The van der Waals surface area contributed by atoms with Gasteiger partial charge >= 0.3 is 0 Å². The van der Waals surface area contributed by atoms with E-state index < -0.39 is 0 Å². The average molecular weight is 226 g/mol. The summed E-state index contributed by atoms with van der Waals surface area (Å²) in [5.74, 6) is 0. The minimum atomic E-state index is -0.0829. The van der Waals surface area contributed by atoms with Gasteiger partial charge in [0.1, 0.15) is 6.10 Å². The van der Waals surface area contributed by atoms with Crippen LogP contribution >= 0.6 is 0 Å². The van der Waals surface area contributed by atoms with E-state index in [9.17, 15) is 0 Å². The quantitative estimate of drug-likeness (QED) is 0.701. The molecule has 0 radical (unpaired) electrons. The molecule has 0 aromatic carbocycles. The van der Waals surface area contributed by atoms with Gasteiger partial charge in [0.05, 0.1) is 30.0 Å². The van der Waals surface area contributed by atoms with Crippen LogP contribution in [0.5, 0.6) is 0 Å². The highest BCUT2D eigenvalue weighted by molar-refractivity contribution is 5.14. The zero-order valence-corrected chi connectivity index (χ0v) is 9.30. The number of fused-ring (bicyclic) bond motifs is 3. The number of epoxide rings is 1. The topological polar surface area (TPSA) is 51.2 Å². The second-order valence-corrected chi connectivity index (χ2v) is 5.60. The maximum absolute atomic E-state index is 9.01. The highest BCUT2D eigenvalue weighted by Crippen LogP contribution is 2.55. The first kappa shape index (κ1) is 9.83. The van der Waals surface area contributed by atoms with Gasteiger partial charge in [0, 0.05) is 19.4 Å². The van der Waals surface area contributed by atoms with E-state index in [0.29, 0.717) is 12.2 Å². The van der Waals surface area contributed by atoms with Crippen LogP contribution in [0.2, 0.25) is 0 Å². The van der Waals surface area contributed by atoms with Gasteiger partial charge in [0.15, 0.2) is 0 Å². The van der Waals surface area contributed by atoms with E-state index in [1.165, 1.54) is 0 Å². The number of ether oxygens (including phenoxy) is 3. The van der Waals surface area contributed by atoms with Gasteiger partial charge in [-0.1, -0.05) is 0 Å². The summed E-state index contributed by atoms with van der Waals surface area (Å²) >= 11 is 0. The van der Waals surface area contributed by atoms with E-state index in [1.54, 1.807) is 0 Å². The zero-order chi connectivity index (χ0) is 10.8. The monoisotopic (exact) mass is 226 g/mol. The Morgan fingerprint density at radius 1 is 1.12 bits per heavy atom. The van der Waals surface area contributed by atoms with Crippen molar-refractivity contribution in [3.8, 4) is 0 Å². The summed E-state index contributed by atoms with van der Waals surface area (Å²) < 4.78 is 17.9. The Morgan fingerprint density at radius 2 is 1.94 bits per heavy atom. The van der Waals surface area contributed by atoms with Crippen molar-refractivity contribution in [3.05, 3.63) is 0 Å². The van der Waals surface area contributed by atoms with Gasteiger partial charge in [0.2, 0.25) is 0 Å². The first-order valence-corrected chi connectivity index (χ1v) is 6.40. The number of aliphatic hydroxyl groups excluding tert-OH is 1. The predicted molar refractivity (Wildman–Crippen MR) is 55.1 cm³/mol. The Balaban J connectivity index is 1.56. The van der Waals surface area contributed by atoms with Gasteiger partial charge in [0.25, 0.3) is 0 Å². The Bertz CT molecular complexity index is 303. The maximum Gasteiger partial charge on any atom is 0.110 e. The lowest BCUT2D eigenvalue weighted by Crippen LogP contribution is -2.50. The van der Waals surface area contributed by atoms with Crippen LogP contribution in [0.15, 0.2) is 0 Å². The molecule has 2 unspecified atom stereocenters. The van der Waals surface area contributed by atoms with Crippen LogP contribution in [0.4, 0.5) is 0 Å². The van der Waals surface area contributed by atoms with Gasteiger partial charge in [-0.2, -0.15) is 0 Å². The molecule has 4 aliphatic rings. The lowest BCUT2D eigenvalue weighted by molar-refractivity contribution is -0.172. The standard InChI is InChI=1S/C12H18O4/c13-4-3-7-1-2-10-12(16-7)5-8(14-10)11-9(6-12)15-11/h7-11,13H,1-6H2/t7-,8-,9?,10+,11?,12-/m1/s1. The van der Waals surface area contributed by atoms with Crippen molar-refractivity contribution in [1.29, 1.82) is 0 Å². The minimum absolute atomic E-state index is 0.0829. The van der Waals surface area contributed by atoms with Crippen LogP contribution in [0.1, 0.15) is 32.1 Å². The van der Waals surface area contributed by atoms with E-state index in [4.69, 9.17) is 19.3 Å². The van der Waals surface area contributed by atoms with Crippen LogP contribution in [-0.2, 0) is 14.2 Å². The summed E-state index contributed by atoms with van der Waals surface area (Å²) in [6.45, 7) is 0.220.